The smallest absolute Gasteiger partial charge is 0.384 e. The molecular weight excluding hydrogens is 473 g/mol. The number of sulfone groups is 1. The number of halogens is 3. The first-order valence-electron chi connectivity index (χ1n) is 10.2. The summed E-state index contributed by atoms with van der Waals surface area (Å²) in [6.07, 6.45) is 0.875. The van der Waals surface area contributed by atoms with Crippen molar-refractivity contribution < 1.29 is 31.2 Å². The number of nitrogens with two attached hydrogens (primary N) is 1. The minimum absolute atomic E-state index is 0.0102. The van der Waals surface area contributed by atoms with Gasteiger partial charge in [0.25, 0.3) is 15.7 Å². The quantitative estimate of drug-likeness (QED) is 0.559. The third kappa shape index (κ3) is 3.20. The number of nitrogen functional groups attached to an aromatic ring is 1. The van der Waals surface area contributed by atoms with Crippen LogP contribution >= 0.6 is 0 Å². The van der Waals surface area contributed by atoms with Crippen LogP contribution < -0.4 is 10.6 Å². The summed E-state index contributed by atoms with van der Waals surface area (Å²) in [5.74, 6) is -0.245. The number of carbonyl (C=O) groups excluding carboxylic acids is 2. The lowest BCUT2D eigenvalue weighted by atomic mass is 10.1. The Morgan fingerprint density at radius 1 is 1.03 bits per heavy atom. The van der Waals surface area contributed by atoms with Gasteiger partial charge in [0.1, 0.15) is 11.4 Å². The first-order valence-corrected chi connectivity index (χ1v) is 11.7. The van der Waals surface area contributed by atoms with Crippen LogP contribution in [0.4, 0.5) is 29.5 Å². The summed E-state index contributed by atoms with van der Waals surface area (Å²) < 4.78 is 61.7. The Balaban J connectivity index is 1.49. The topological polar surface area (TPSA) is 114 Å². The molecule has 0 unspecified atom stereocenters. The van der Waals surface area contributed by atoms with Crippen molar-refractivity contribution in [2.24, 2.45) is 0 Å². The lowest BCUT2D eigenvalue weighted by Gasteiger charge is -2.22. The van der Waals surface area contributed by atoms with Gasteiger partial charge in [-0.3, -0.25) is 4.79 Å². The van der Waals surface area contributed by atoms with Crippen molar-refractivity contribution in [2.75, 3.05) is 10.6 Å². The van der Waals surface area contributed by atoms with E-state index in [-0.39, 0.29) is 18.1 Å². The SMILES string of the molecule is Nc1cc(CN2C(=O)N(c3ccc(S(=O)(=O)C(F)(F)F)cc3)C(=O)C23CC3)c2ccccc2n1. The molecule has 3 amide bonds. The number of para-hydroxylation sites is 1. The predicted molar refractivity (Wildman–Crippen MR) is 116 cm³/mol. The molecule has 2 aliphatic rings. The number of nitrogens with zero attached hydrogens (tertiary/aromatic N) is 3. The normalized spacial score (nSPS) is 17.7. The zero-order valence-corrected chi connectivity index (χ0v) is 18.2. The number of amides is 3. The standard InChI is InChI=1S/C22H17F3N4O4S/c23-22(24,25)34(32,33)15-7-5-14(6-8-15)29-19(30)21(9-10-21)28(20(29)31)12-13-11-18(26)27-17-4-2-1-3-16(13)17/h1-8,11H,9-10,12H2,(H2,26,27). The second-order valence-corrected chi connectivity index (χ2v) is 10.1. The Bertz CT molecular complexity index is 1450. The monoisotopic (exact) mass is 490 g/mol. The van der Waals surface area contributed by atoms with E-state index in [1.165, 1.54) is 4.90 Å². The Labute approximate surface area is 191 Å². The fraction of sp³-hybridized carbons (Fsp3) is 0.227. The van der Waals surface area contributed by atoms with E-state index < -0.39 is 37.7 Å². The van der Waals surface area contributed by atoms with Gasteiger partial charge >= 0.3 is 11.5 Å². The molecule has 12 heteroatoms. The fourth-order valence-electron chi connectivity index (χ4n) is 4.24. The molecule has 2 fully saturated rings. The highest BCUT2D eigenvalue weighted by atomic mass is 32.2. The van der Waals surface area contributed by atoms with Crippen LogP contribution in [0.15, 0.2) is 59.5 Å². The maximum atomic E-state index is 13.3. The average Bonchev–Trinajstić information content (AvgIpc) is 3.55. The molecule has 0 bridgehead atoms. The van der Waals surface area contributed by atoms with Gasteiger partial charge in [-0.1, -0.05) is 18.2 Å². The molecule has 1 saturated carbocycles. The fourth-order valence-corrected chi connectivity index (χ4v) is 5.00. The molecule has 5 rings (SSSR count). The van der Waals surface area contributed by atoms with E-state index in [0.29, 0.717) is 23.9 Å². The number of imide groups is 1. The minimum Gasteiger partial charge on any atom is -0.384 e. The zero-order chi connectivity index (χ0) is 24.5. The summed E-state index contributed by atoms with van der Waals surface area (Å²) in [6, 6.07) is 11.7. The number of carbonyl (C=O) groups is 2. The van der Waals surface area contributed by atoms with Crippen LogP contribution in [0.5, 0.6) is 0 Å². The molecule has 1 aromatic heterocycles. The van der Waals surface area contributed by atoms with Gasteiger partial charge < -0.3 is 10.6 Å². The van der Waals surface area contributed by atoms with Crippen LogP contribution in [0.3, 0.4) is 0 Å². The highest BCUT2D eigenvalue weighted by Crippen LogP contribution is 2.50. The number of alkyl halides is 3. The molecule has 1 spiro atoms. The maximum absolute atomic E-state index is 13.3. The van der Waals surface area contributed by atoms with Gasteiger partial charge in [0, 0.05) is 11.9 Å². The summed E-state index contributed by atoms with van der Waals surface area (Å²) in [7, 11) is -5.55. The average molecular weight is 490 g/mol. The van der Waals surface area contributed by atoms with E-state index in [0.717, 1.165) is 34.6 Å². The van der Waals surface area contributed by atoms with Crippen LogP contribution in [0.2, 0.25) is 0 Å². The molecule has 2 heterocycles. The molecular formula is C22H17F3N4O4S. The largest absolute Gasteiger partial charge is 0.501 e. The van der Waals surface area contributed by atoms with E-state index in [4.69, 9.17) is 5.73 Å². The third-order valence-corrected chi connectivity index (χ3v) is 7.63. The van der Waals surface area contributed by atoms with Gasteiger partial charge in [-0.05, 0) is 54.8 Å². The first kappa shape index (κ1) is 22.1. The second kappa shape index (κ2) is 7.16. The molecule has 1 aliphatic heterocycles. The van der Waals surface area contributed by atoms with Gasteiger partial charge in [0.15, 0.2) is 0 Å². The molecule has 3 aromatic rings. The summed E-state index contributed by atoms with van der Waals surface area (Å²) >= 11 is 0. The third-order valence-electron chi connectivity index (χ3n) is 6.12. The Hall–Kier alpha value is -3.67. The van der Waals surface area contributed by atoms with Gasteiger partial charge in [0.2, 0.25) is 0 Å². The molecule has 0 radical (unpaired) electrons. The van der Waals surface area contributed by atoms with Gasteiger partial charge in [0.05, 0.1) is 16.1 Å². The van der Waals surface area contributed by atoms with E-state index in [1.54, 1.807) is 18.2 Å². The number of anilines is 2. The number of aromatic nitrogens is 1. The molecule has 34 heavy (non-hydrogen) atoms. The summed E-state index contributed by atoms with van der Waals surface area (Å²) in [4.78, 5) is 32.1. The summed E-state index contributed by atoms with van der Waals surface area (Å²) in [6.45, 7) is 0.0782. The number of fused-ring (bicyclic) bond motifs is 1. The van der Waals surface area contributed by atoms with Crippen LogP contribution in [0.1, 0.15) is 18.4 Å². The van der Waals surface area contributed by atoms with Crippen LogP contribution in [0.25, 0.3) is 10.9 Å². The Morgan fingerprint density at radius 3 is 2.29 bits per heavy atom. The van der Waals surface area contributed by atoms with E-state index in [9.17, 15) is 31.2 Å². The van der Waals surface area contributed by atoms with E-state index in [2.05, 4.69) is 4.98 Å². The van der Waals surface area contributed by atoms with Crippen LogP contribution in [-0.2, 0) is 21.2 Å². The molecule has 176 valence electrons. The van der Waals surface area contributed by atoms with Crippen molar-refractivity contribution in [1.82, 2.24) is 9.88 Å². The Kier molecular flexibility index (Phi) is 4.66. The van der Waals surface area contributed by atoms with Crippen molar-refractivity contribution in [3.63, 3.8) is 0 Å². The molecule has 8 nitrogen and oxygen atoms in total. The Morgan fingerprint density at radius 2 is 1.68 bits per heavy atom. The molecule has 1 aliphatic carbocycles. The summed E-state index contributed by atoms with van der Waals surface area (Å²) in [5.41, 5.74) is 0.738. The molecule has 0 atom stereocenters. The second-order valence-electron chi connectivity index (χ2n) is 8.21. The lowest BCUT2D eigenvalue weighted by Crippen LogP contribution is -2.36. The first-order chi connectivity index (χ1) is 16.0. The number of pyridine rings is 1. The van der Waals surface area contributed by atoms with Gasteiger partial charge in [-0.2, -0.15) is 13.2 Å². The van der Waals surface area contributed by atoms with Crippen LogP contribution in [-0.4, -0.2) is 41.3 Å². The lowest BCUT2D eigenvalue weighted by molar-refractivity contribution is -0.120. The number of benzene rings is 2. The van der Waals surface area contributed by atoms with Crippen LogP contribution in [0, 0.1) is 0 Å². The number of rotatable bonds is 4. The van der Waals surface area contributed by atoms with Crippen molar-refractivity contribution in [3.8, 4) is 0 Å². The predicted octanol–water partition coefficient (Wildman–Crippen LogP) is 3.61. The van der Waals surface area contributed by atoms with Gasteiger partial charge in [-0.25, -0.2) is 23.1 Å². The highest BCUT2D eigenvalue weighted by molar-refractivity contribution is 7.92. The van der Waals surface area contributed by atoms with Gasteiger partial charge in [-0.15, -0.1) is 0 Å². The number of urea groups is 1. The molecule has 1 saturated heterocycles. The maximum Gasteiger partial charge on any atom is 0.501 e. The number of hydrogen-bond donors (Lipinski definition) is 1. The minimum atomic E-state index is -5.55. The van der Waals surface area contributed by atoms with Crippen molar-refractivity contribution in [2.45, 2.75) is 35.3 Å². The molecule has 2 N–H and O–H groups in total. The van der Waals surface area contributed by atoms with Crippen molar-refractivity contribution in [1.29, 1.82) is 0 Å². The summed E-state index contributed by atoms with van der Waals surface area (Å²) in [5, 5.41) is 0.771. The van der Waals surface area contributed by atoms with Crippen molar-refractivity contribution >= 4 is 44.2 Å². The zero-order valence-electron chi connectivity index (χ0n) is 17.4. The van der Waals surface area contributed by atoms with E-state index >= 15 is 0 Å². The van der Waals surface area contributed by atoms with E-state index in [1.807, 2.05) is 12.1 Å². The highest BCUT2D eigenvalue weighted by Gasteiger charge is 2.65. The number of hydrogen-bond acceptors (Lipinski definition) is 6. The van der Waals surface area contributed by atoms with Crippen molar-refractivity contribution in [3.05, 3.63) is 60.2 Å². The molecule has 2 aromatic carbocycles.